The highest BCUT2D eigenvalue weighted by atomic mass is 32.1. The van der Waals surface area contributed by atoms with Crippen LogP contribution in [-0.2, 0) is 9.59 Å². The van der Waals surface area contributed by atoms with Crippen molar-refractivity contribution in [1.82, 2.24) is 9.88 Å². The van der Waals surface area contributed by atoms with Crippen molar-refractivity contribution in [2.24, 2.45) is 0 Å². The van der Waals surface area contributed by atoms with E-state index in [1.54, 1.807) is 16.2 Å². The van der Waals surface area contributed by atoms with Gasteiger partial charge in [-0.3, -0.25) is 14.5 Å². The zero-order chi connectivity index (χ0) is 19.8. The van der Waals surface area contributed by atoms with Crippen LogP contribution in [0.2, 0.25) is 0 Å². The van der Waals surface area contributed by atoms with Crippen molar-refractivity contribution in [3.05, 3.63) is 53.5 Å². The molecular weight excluding hydrogens is 386 g/mol. The topological polar surface area (TPSA) is 62.7 Å². The summed E-state index contributed by atoms with van der Waals surface area (Å²) in [5.74, 6) is 0.520. The van der Waals surface area contributed by atoms with Crippen LogP contribution in [0.5, 0.6) is 5.75 Å². The van der Waals surface area contributed by atoms with E-state index in [2.05, 4.69) is 6.07 Å². The first-order chi connectivity index (χ1) is 14.2. The smallest absolute Gasteiger partial charge is 0.243 e. The first-order valence-corrected chi connectivity index (χ1v) is 10.7. The molecule has 1 aromatic heterocycles. The minimum Gasteiger partial charge on any atom is -0.491 e. The Morgan fingerprint density at radius 2 is 2.00 bits per heavy atom. The Kier molecular flexibility index (Phi) is 4.67. The molecule has 3 aromatic rings. The molecule has 29 heavy (non-hydrogen) atoms. The third-order valence-corrected chi connectivity index (χ3v) is 6.63. The molecule has 1 atom stereocenters. The van der Waals surface area contributed by atoms with Gasteiger partial charge < -0.3 is 9.64 Å². The summed E-state index contributed by atoms with van der Waals surface area (Å²) in [4.78, 5) is 34.1. The van der Waals surface area contributed by atoms with Gasteiger partial charge in [0.05, 0.1) is 35.0 Å². The van der Waals surface area contributed by atoms with Crippen molar-refractivity contribution in [1.29, 1.82) is 0 Å². The molecule has 6 nitrogen and oxygen atoms in total. The number of anilines is 1. The number of ether oxygens (including phenoxy) is 1. The van der Waals surface area contributed by atoms with E-state index < -0.39 is 0 Å². The van der Waals surface area contributed by atoms with Gasteiger partial charge in [-0.1, -0.05) is 24.3 Å². The zero-order valence-corrected chi connectivity index (χ0v) is 16.7. The minimum atomic E-state index is -0.0842. The summed E-state index contributed by atoms with van der Waals surface area (Å²) in [6, 6.07) is 15.4. The molecule has 0 aliphatic carbocycles. The standard InChI is InChI=1S/C22H21N3O3S/c26-20-11-13-28-18-9-3-2-7-16(18)25(20)14-21(27)24-12-5-8-17(24)22-23-15-6-1-4-10-19(15)29-22/h1-4,6-7,9-10,17H,5,8,11-14H2. The average Bonchev–Trinajstić information content (AvgIpc) is 3.35. The molecule has 3 heterocycles. The van der Waals surface area contributed by atoms with Crippen LogP contribution in [0.1, 0.15) is 30.3 Å². The summed E-state index contributed by atoms with van der Waals surface area (Å²) in [5, 5.41) is 0.975. The van der Waals surface area contributed by atoms with Crippen molar-refractivity contribution in [2.45, 2.75) is 25.3 Å². The number of fused-ring (bicyclic) bond motifs is 2. The lowest BCUT2D eigenvalue weighted by atomic mass is 10.2. The fourth-order valence-corrected chi connectivity index (χ4v) is 5.19. The Morgan fingerprint density at radius 3 is 2.90 bits per heavy atom. The van der Waals surface area contributed by atoms with Crippen molar-refractivity contribution in [3.63, 3.8) is 0 Å². The van der Waals surface area contributed by atoms with Gasteiger partial charge in [-0.25, -0.2) is 4.98 Å². The number of aromatic nitrogens is 1. The van der Waals surface area contributed by atoms with Gasteiger partial charge in [0, 0.05) is 6.54 Å². The van der Waals surface area contributed by atoms with Gasteiger partial charge >= 0.3 is 0 Å². The normalized spacial score (nSPS) is 19.2. The third kappa shape index (κ3) is 3.35. The summed E-state index contributed by atoms with van der Waals surface area (Å²) < 4.78 is 6.82. The molecule has 2 aliphatic heterocycles. The van der Waals surface area contributed by atoms with E-state index >= 15 is 0 Å². The van der Waals surface area contributed by atoms with Gasteiger partial charge in [0.2, 0.25) is 11.8 Å². The van der Waals surface area contributed by atoms with Gasteiger partial charge in [-0.15, -0.1) is 11.3 Å². The van der Waals surface area contributed by atoms with Crippen LogP contribution in [0.15, 0.2) is 48.5 Å². The van der Waals surface area contributed by atoms with Crippen LogP contribution >= 0.6 is 11.3 Å². The average molecular weight is 407 g/mol. The predicted octanol–water partition coefficient (Wildman–Crippen LogP) is 3.78. The van der Waals surface area contributed by atoms with Crippen LogP contribution in [0.4, 0.5) is 5.69 Å². The van der Waals surface area contributed by atoms with Crippen molar-refractivity contribution >= 4 is 39.1 Å². The van der Waals surface area contributed by atoms with Crippen LogP contribution < -0.4 is 9.64 Å². The van der Waals surface area contributed by atoms with Crippen molar-refractivity contribution < 1.29 is 14.3 Å². The summed E-state index contributed by atoms with van der Waals surface area (Å²) in [6.45, 7) is 1.05. The van der Waals surface area contributed by atoms with Gasteiger partial charge in [-0.2, -0.15) is 0 Å². The molecule has 148 valence electrons. The first-order valence-electron chi connectivity index (χ1n) is 9.88. The molecule has 1 unspecified atom stereocenters. The number of likely N-dealkylation sites (tertiary alicyclic amines) is 1. The lowest BCUT2D eigenvalue weighted by Gasteiger charge is -2.27. The largest absolute Gasteiger partial charge is 0.491 e. The lowest BCUT2D eigenvalue weighted by molar-refractivity contribution is -0.132. The maximum Gasteiger partial charge on any atom is 0.243 e. The maximum absolute atomic E-state index is 13.2. The third-order valence-electron chi connectivity index (χ3n) is 5.49. The Morgan fingerprint density at radius 1 is 1.17 bits per heavy atom. The number of amides is 2. The maximum atomic E-state index is 13.2. The van der Waals surface area contributed by atoms with Gasteiger partial charge in [0.1, 0.15) is 17.3 Å². The van der Waals surface area contributed by atoms with Crippen LogP contribution in [0.25, 0.3) is 10.2 Å². The van der Waals surface area contributed by atoms with Gasteiger partial charge in [0.25, 0.3) is 0 Å². The molecule has 2 aliphatic rings. The molecule has 2 aromatic carbocycles. The first kappa shape index (κ1) is 18.1. The lowest BCUT2D eigenvalue weighted by Crippen LogP contribution is -2.42. The van der Waals surface area contributed by atoms with E-state index in [-0.39, 0.29) is 30.8 Å². The number of benzene rings is 2. The summed E-state index contributed by atoms with van der Waals surface area (Å²) >= 11 is 1.65. The van der Waals surface area contributed by atoms with Crippen LogP contribution in [0.3, 0.4) is 0 Å². The number of para-hydroxylation sites is 3. The molecule has 0 spiro atoms. The molecule has 0 N–H and O–H groups in total. The predicted molar refractivity (Wildman–Crippen MR) is 112 cm³/mol. The number of carbonyl (C=O) groups is 2. The Balaban J connectivity index is 1.40. The second kappa shape index (κ2) is 7.48. The summed E-state index contributed by atoms with van der Waals surface area (Å²) in [7, 11) is 0. The fraction of sp³-hybridized carbons (Fsp3) is 0.318. The quantitative estimate of drug-likeness (QED) is 0.663. The summed E-state index contributed by atoms with van der Waals surface area (Å²) in [6.07, 6.45) is 2.11. The van der Waals surface area contributed by atoms with Crippen LogP contribution in [-0.4, -0.2) is 41.4 Å². The summed E-state index contributed by atoms with van der Waals surface area (Å²) in [5.41, 5.74) is 1.64. The Hall–Kier alpha value is -2.93. The molecule has 1 saturated heterocycles. The van der Waals surface area contributed by atoms with Crippen molar-refractivity contribution in [2.75, 3.05) is 24.6 Å². The molecule has 0 bridgehead atoms. The number of rotatable bonds is 3. The highest BCUT2D eigenvalue weighted by Gasteiger charge is 2.34. The molecule has 1 fully saturated rings. The van der Waals surface area contributed by atoms with Gasteiger partial charge in [-0.05, 0) is 37.1 Å². The number of thiazole rings is 1. The number of carbonyl (C=O) groups excluding carboxylic acids is 2. The SMILES string of the molecule is O=C1CCOc2ccccc2N1CC(=O)N1CCCC1c1nc2ccccc2s1. The highest BCUT2D eigenvalue weighted by Crippen LogP contribution is 2.37. The Labute approximate surface area is 172 Å². The minimum absolute atomic E-state index is 0.0199. The molecular formula is C22H21N3O3S. The van der Waals surface area contributed by atoms with Crippen molar-refractivity contribution in [3.8, 4) is 5.75 Å². The van der Waals surface area contributed by atoms with E-state index in [1.807, 2.05) is 47.4 Å². The molecule has 0 saturated carbocycles. The van der Waals surface area contributed by atoms with E-state index in [0.717, 1.165) is 28.1 Å². The van der Waals surface area contributed by atoms with Crippen LogP contribution in [0, 0.1) is 0 Å². The van der Waals surface area contributed by atoms with E-state index in [9.17, 15) is 9.59 Å². The number of hydrogen-bond acceptors (Lipinski definition) is 5. The second-order valence-corrected chi connectivity index (χ2v) is 8.37. The van der Waals surface area contributed by atoms with Gasteiger partial charge in [0.15, 0.2) is 0 Å². The molecule has 5 rings (SSSR count). The Bertz CT molecular complexity index is 1050. The monoisotopic (exact) mass is 407 g/mol. The second-order valence-electron chi connectivity index (χ2n) is 7.31. The fourth-order valence-electron chi connectivity index (χ4n) is 4.07. The number of nitrogens with zero attached hydrogens (tertiary/aromatic N) is 3. The van der Waals surface area contributed by atoms with E-state index in [0.29, 0.717) is 24.6 Å². The molecule has 2 amide bonds. The van der Waals surface area contributed by atoms with E-state index in [4.69, 9.17) is 9.72 Å². The highest BCUT2D eigenvalue weighted by molar-refractivity contribution is 7.18. The molecule has 0 radical (unpaired) electrons. The number of hydrogen-bond donors (Lipinski definition) is 0. The molecule has 7 heteroatoms. The zero-order valence-electron chi connectivity index (χ0n) is 15.9. The van der Waals surface area contributed by atoms with E-state index in [1.165, 1.54) is 0 Å².